The zero-order valence-corrected chi connectivity index (χ0v) is 19.3. The summed E-state index contributed by atoms with van der Waals surface area (Å²) in [4.78, 5) is 29.2. The van der Waals surface area contributed by atoms with E-state index in [0.717, 1.165) is 41.9 Å². The van der Waals surface area contributed by atoms with Crippen LogP contribution >= 0.6 is 0 Å². The molecule has 2 amide bonds. The average molecular weight is 448 g/mol. The summed E-state index contributed by atoms with van der Waals surface area (Å²) in [5.74, 6) is 1.47. The zero-order chi connectivity index (χ0) is 23.2. The molecule has 1 aliphatic carbocycles. The largest absolute Gasteiger partial charge is 0.492 e. The fraction of sp³-hybridized carbons (Fsp3) is 0.385. The molecule has 1 N–H and O–H groups in total. The third-order valence-corrected chi connectivity index (χ3v) is 6.85. The van der Waals surface area contributed by atoms with Crippen molar-refractivity contribution in [3.8, 4) is 5.75 Å². The Kier molecular flexibility index (Phi) is 5.37. The second kappa shape index (κ2) is 8.23. The molecule has 172 valence electrons. The Hall–Kier alpha value is -3.32. The highest BCUT2D eigenvalue weighted by atomic mass is 16.5. The van der Waals surface area contributed by atoms with Crippen molar-refractivity contribution in [3.05, 3.63) is 64.9 Å². The zero-order valence-electron chi connectivity index (χ0n) is 19.3. The van der Waals surface area contributed by atoms with Gasteiger partial charge in [-0.25, -0.2) is 4.79 Å². The van der Waals surface area contributed by atoms with Crippen molar-refractivity contribution >= 4 is 22.8 Å². The summed E-state index contributed by atoms with van der Waals surface area (Å²) in [6, 6.07) is 13.4. The first-order valence-corrected chi connectivity index (χ1v) is 11.4. The smallest absolute Gasteiger partial charge is 0.317 e. The second-order valence-electron chi connectivity index (χ2n) is 9.20. The molecule has 0 bridgehead atoms. The van der Waals surface area contributed by atoms with Gasteiger partial charge in [0.05, 0.1) is 5.56 Å². The Morgan fingerprint density at radius 2 is 1.88 bits per heavy atom. The number of hydrogen-bond acceptors (Lipinski definition) is 5. The van der Waals surface area contributed by atoms with Crippen LogP contribution in [0.1, 0.15) is 41.1 Å². The maximum absolute atomic E-state index is 13.4. The molecule has 0 atom stereocenters. The van der Waals surface area contributed by atoms with Crippen molar-refractivity contribution in [2.75, 3.05) is 46.4 Å². The summed E-state index contributed by atoms with van der Waals surface area (Å²) in [5.41, 5.74) is 2.59. The highest BCUT2D eigenvalue weighted by molar-refractivity contribution is 6.19. The Morgan fingerprint density at radius 1 is 1.12 bits per heavy atom. The van der Waals surface area contributed by atoms with Crippen molar-refractivity contribution in [1.82, 2.24) is 15.1 Å². The predicted molar refractivity (Wildman–Crippen MR) is 126 cm³/mol. The number of hydrogen-bond donors (Lipinski definition) is 1. The summed E-state index contributed by atoms with van der Waals surface area (Å²) in [6.07, 6.45) is 0. The molecule has 5 rings (SSSR count). The number of benzene rings is 2. The lowest BCUT2D eigenvalue weighted by Gasteiger charge is -2.34. The van der Waals surface area contributed by atoms with Gasteiger partial charge in [-0.1, -0.05) is 18.2 Å². The van der Waals surface area contributed by atoms with E-state index >= 15 is 0 Å². The molecule has 33 heavy (non-hydrogen) atoms. The summed E-state index contributed by atoms with van der Waals surface area (Å²) in [7, 11) is 1.66. The van der Waals surface area contributed by atoms with E-state index in [2.05, 4.69) is 24.1 Å². The fourth-order valence-corrected chi connectivity index (χ4v) is 4.92. The van der Waals surface area contributed by atoms with Gasteiger partial charge >= 0.3 is 6.03 Å². The molecule has 0 radical (unpaired) electrons. The molecule has 2 aromatic carbocycles. The first kappa shape index (κ1) is 21.5. The van der Waals surface area contributed by atoms with E-state index in [0.29, 0.717) is 36.6 Å². The van der Waals surface area contributed by atoms with Crippen LogP contribution in [0.2, 0.25) is 0 Å². The first-order chi connectivity index (χ1) is 15.9. The van der Waals surface area contributed by atoms with Crippen molar-refractivity contribution in [1.29, 1.82) is 0 Å². The van der Waals surface area contributed by atoms with Crippen LogP contribution in [-0.2, 0) is 5.41 Å². The summed E-state index contributed by atoms with van der Waals surface area (Å²) in [6.45, 7) is 8.61. The molecule has 0 spiro atoms. The number of nitrogens with zero attached hydrogens (tertiary/aromatic N) is 2. The highest BCUT2D eigenvalue weighted by Gasteiger charge is 2.41. The van der Waals surface area contributed by atoms with Gasteiger partial charge in [0.1, 0.15) is 23.7 Å². The molecule has 2 heterocycles. The summed E-state index contributed by atoms with van der Waals surface area (Å²) < 4.78 is 12.2. The van der Waals surface area contributed by atoms with Crippen LogP contribution in [0, 0.1) is 0 Å². The van der Waals surface area contributed by atoms with Gasteiger partial charge in [-0.2, -0.15) is 0 Å². The molecule has 1 aliphatic heterocycles. The Morgan fingerprint density at radius 3 is 2.64 bits per heavy atom. The lowest BCUT2D eigenvalue weighted by molar-refractivity contribution is 0.102. The molecule has 1 saturated heterocycles. The van der Waals surface area contributed by atoms with Crippen molar-refractivity contribution in [2.45, 2.75) is 19.3 Å². The number of furan rings is 1. The maximum atomic E-state index is 13.4. The minimum absolute atomic E-state index is 0.00446. The average Bonchev–Trinajstić information content (AvgIpc) is 3.24. The Bertz CT molecular complexity index is 1220. The Labute approximate surface area is 193 Å². The van der Waals surface area contributed by atoms with Gasteiger partial charge in [-0.15, -0.1) is 0 Å². The minimum Gasteiger partial charge on any atom is -0.492 e. The molecule has 2 aliphatic rings. The van der Waals surface area contributed by atoms with Gasteiger partial charge in [0, 0.05) is 56.1 Å². The van der Waals surface area contributed by atoms with E-state index in [-0.39, 0.29) is 11.8 Å². The number of urea groups is 1. The molecule has 7 nitrogen and oxygen atoms in total. The third-order valence-electron chi connectivity index (χ3n) is 6.85. The number of amides is 2. The quantitative estimate of drug-likeness (QED) is 0.661. The SMILES string of the molecule is CNC(=O)N1CCN(CCOc2ccc3c(c2)C(C)(C)c2oc4ccccc4c2C3=O)CC1. The highest BCUT2D eigenvalue weighted by Crippen LogP contribution is 2.46. The second-order valence-corrected chi connectivity index (χ2v) is 9.20. The van der Waals surface area contributed by atoms with Gasteiger partial charge in [0.25, 0.3) is 0 Å². The normalized spacial score (nSPS) is 17.5. The number of nitrogens with one attached hydrogen (secondary N) is 1. The van der Waals surface area contributed by atoms with Crippen LogP contribution in [-0.4, -0.2) is 68.0 Å². The molecule has 3 aromatic rings. The van der Waals surface area contributed by atoms with Crippen molar-refractivity contribution in [3.63, 3.8) is 0 Å². The van der Waals surface area contributed by atoms with Gasteiger partial charge in [-0.3, -0.25) is 9.69 Å². The van der Waals surface area contributed by atoms with E-state index < -0.39 is 5.41 Å². The standard InChI is InChI=1S/C26H29N3O4/c1-26(2)20-16-17(32-15-14-28-10-12-29(13-11-28)25(31)27-3)8-9-18(20)23(30)22-19-6-4-5-7-21(19)33-24(22)26/h4-9,16H,10-15H2,1-3H3,(H,27,31). The molecule has 1 aromatic heterocycles. The predicted octanol–water partition coefficient (Wildman–Crippen LogP) is 3.64. The maximum Gasteiger partial charge on any atom is 0.317 e. The van der Waals surface area contributed by atoms with Crippen LogP contribution in [0.15, 0.2) is 46.9 Å². The van der Waals surface area contributed by atoms with E-state index in [1.165, 1.54) is 0 Å². The molecule has 0 unspecified atom stereocenters. The lowest BCUT2D eigenvalue weighted by Crippen LogP contribution is -2.51. The summed E-state index contributed by atoms with van der Waals surface area (Å²) in [5, 5.41) is 3.54. The van der Waals surface area contributed by atoms with Crippen LogP contribution in [0.25, 0.3) is 11.0 Å². The molecular formula is C26H29N3O4. The molecule has 7 heteroatoms. The van der Waals surface area contributed by atoms with Gasteiger partial charge in [0.2, 0.25) is 0 Å². The van der Waals surface area contributed by atoms with E-state index in [4.69, 9.17) is 9.15 Å². The van der Waals surface area contributed by atoms with Gasteiger partial charge in [-0.05, 0) is 43.7 Å². The van der Waals surface area contributed by atoms with E-state index in [9.17, 15) is 9.59 Å². The van der Waals surface area contributed by atoms with Crippen LogP contribution in [0.4, 0.5) is 4.79 Å². The van der Waals surface area contributed by atoms with E-state index in [1.54, 1.807) is 7.05 Å². The lowest BCUT2D eigenvalue weighted by atomic mass is 9.72. The molecule has 0 saturated carbocycles. The Balaban J connectivity index is 1.30. The van der Waals surface area contributed by atoms with Crippen LogP contribution < -0.4 is 10.1 Å². The van der Waals surface area contributed by atoms with Gasteiger partial charge < -0.3 is 19.4 Å². The molecular weight excluding hydrogens is 418 g/mol. The van der Waals surface area contributed by atoms with Crippen molar-refractivity contribution in [2.24, 2.45) is 0 Å². The first-order valence-electron chi connectivity index (χ1n) is 11.4. The van der Waals surface area contributed by atoms with Crippen LogP contribution in [0.3, 0.4) is 0 Å². The monoisotopic (exact) mass is 447 g/mol. The number of ether oxygens (including phenoxy) is 1. The molecule has 1 fully saturated rings. The number of rotatable bonds is 4. The van der Waals surface area contributed by atoms with Gasteiger partial charge in [0.15, 0.2) is 5.78 Å². The number of piperazine rings is 1. The number of para-hydroxylation sites is 1. The van der Waals surface area contributed by atoms with E-state index in [1.807, 2.05) is 47.4 Å². The number of carbonyl (C=O) groups excluding carboxylic acids is 2. The van der Waals surface area contributed by atoms with Crippen molar-refractivity contribution < 1.29 is 18.7 Å². The summed E-state index contributed by atoms with van der Waals surface area (Å²) >= 11 is 0. The number of fused-ring (bicyclic) bond motifs is 4. The minimum atomic E-state index is -0.451. The van der Waals surface area contributed by atoms with Crippen LogP contribution in [0.5, 0.6) is 5.75 Å². The number of carbonyl (C=O) groups is 2. The topological polar surface area (TPSA) is 75.0 Å². The third kappa shape index (κ3) is 3.66. The fourth-order valence-electron chi connectivity index (χ4n) is 4.92. The number of ketones is 1.